The van der Waals surface area contributed by atoms with Crippen LogP contribution in [0.5, 0.6) is 0 Å². The average Bonchev–Trinajstić information content (AvgIpc) is 3.22. The molecule has 0 aromatic heterocycles. The first-order chi connectivity index (χ1) is 14.9. The fourth-order valence-corrected chi connectivity index (χ4v) is 3.17. The molecular formula is C19H31N5O8. The topological polar surface area (TPSA) is 217 Å². The third kappa shape index (κ3) is 8.88. The summed E-state index contributed by atoms with van der Waals surface area (Å²) in [5.74, 6) is -6.12. The molecule has 13 heteroatoms. The molecule has 1 saturated heterocycles. The van der Waals surface area contributed by atoms with Crippen molar-refractivity contribution in [1.29, 1.82) is 0 Å². The summed E-state index contributed by atoms with van der Waals surface area (Å²) in [5, 5.41) is 28.0. The minimum atomic E-state index is -1.47. The Labute approximate surface area is 184 Å². The highest BCUT2D eigenvalue weighted by Crippen LogP contribution is 2.08. The Morgan fingerprint density at radius 1 is 1.00 bits per heavy atom. The Balaban J connectivity index is 2.88. The van der Waals surface area contributed by atoms with E-state index in [1.807, 2.05) is 0 Å². The molecule has 0 bridgehead atoms. The zero-order chi connectivity index (χ0) is 24.4. The molecule has 0 radical (unpaired) electrons. The van der Waals surface area contributed by atoms with Crippen LogP contribution >= 0.6 is 0 Å². The van der Waals surface area contributed by atoms with Crippen molar-refractivity contribution in [2.45, 2.75) is 70.1 Å². The number of carbonyl (C=O) groups excluding carboxylic acids is 4. The number of amides is 4. The third-order valence-electron chi connectivity index (χ3n) is 4.92. The number of carboxylic acid groups (broad SMARTS) is 2. The normalized spacial score (nSPS) is 18.3. The van der Waals surface area contributed by atoms with Crippen molar-refractivity contribution >= 4 is 35.6 Å². The number of hydrogen-bond donors (Lipinski definition) is 7. The van der Waals surface area contributed by atoms with E-state index in [1.54, 1.807) is 13.8 Å². The molecule has 0 aromatic rings. The maximum absolute atomic E-state index is 12.8. The zero-order valence-electron chi connectivity index (χ0n) is 18.1. The maximum Gasteiger partial charge on any atom is 0.326 e. The summed E-state index contributed by atoms with van der Waals surface area (Å²) in [5.41, 5.74) is 5.19. The van der Waals surface area contributed by atoms with Gasteiger partial charge in [0, 0.05) is 6.42 Å². The Morgan fingerprint density at radius 2 is 1.66 bits per heavy atom. The standard InChI is InChI=1S/C19H31N5O8/c1-9(2)15(18(30)22-11(19(31)32)5-6-14(26)27)24-17(29)12(8-13(20)25)23-16(28)10-4-3-7-21-10/h9-12,15,21H,3-8H2,1-2H3,(H2,20,25)(H,22,30)(H,23,28)(H,24,29)(H,26,27)(H,31,32). The molecule has 1 fully saturated rings. The van der Waals surface area contributed by atoms with E-state index in [1.165, 1.54) is 0 Å². The second kappa shape index (κ2) is 12.6. The molecule has 4 unspecified atom stereocenters. The van der Waals surface area contributed by atoms with Crippen molar-refractivity contribution in [3.63, 3.8) is 0 Å². The monoisotopic (exact) mass is 457 g/mol. The van der Waals surface area contributed by atoms with Gasteiger partial charge < -0.3 is 37.2 Å². The molecule has 32 heavy (non-hydrogen) atoms. The summed E-state index contributed by atoms with van der Waals surface area (Å²) in [6.07, 6.45) is 0.0442. The Morgan fingerprint density at radius 3 is 2.12 bits per heavy atom. The lowest BCUT2D eigenvalue weighted by molar-refractivity contribution is -0.144. The molecule has 0 saturated carbocycles. The van der Waals surface area contributed by atoms with E-state index in [0.29, 0.717) is 13.0 Å². The number of rotatable bonds is 13. The minimum Gasteiger partial charge on any atom is -0.481 e. The lowest BCUT2D eigenvalue weighted by Crippen LogP contribution is -2.59. The fraction of sp³-hybridized carbons (Fsp3) is 0.684. The van der Waals surface area contributed by atoms with Gasteiger partial charge in [0.25, 0.3) is 0 Å². The Kier molecular flexibility index (Phi) is 10.5. The van der Waals surface area contributed by atoms with Crippen molar-refractivity contribution in [3.8, 4) is 0 Å². The number of carbonyl (C=O) groups is 6. The number of nitrogens with two attached hydrogens (primary N) is 1. The lowest BCUT2D eigenvalue weighted by Gasteiger charge is -2.26. The van der Waals surface area contributed by atoms with Gasteiger partial charge in [0.2, 0.25) is 23.6 Å². The summed E-state index contributed by atoms with van der Waals surface area (Å²) in [7, 11) is 0. The van der Waals surface area contributed by atoms with Crippen LogP contribution in [0.2, 0.25) is 0 Å². The van der Waals surface area contributed by atoms with Gasteiger partial charge in [-0.2, -0.15) is 0 Å². The van der Waals surface area contributed by atoms with Gasteiger partial charge in [-0.1, -0.05) is 13.8 Å². The van der Waals surface area contributed by atoms with Crippen molar-refractivity contribution in [3.05, 3.63) is 0 Å². The van der Waals surface area contributed by atoms with Gasteiger partial charge in [-0.25, -0.2) is 4.79 Å². The predicted octanol–water partition coefficient (Wildman–Crippen LogP) is -2.33. The lowest BCUT2D eigenvalue weighted by atomic mass is 10.0. The van der Waals surface area contributed by atoms with E-state index in [9.17, 15) is 33.9 Å². The highest BCUT2D eigenvalue weighted by atomic mass is 16.4. The van der Waals surface area contributed by atoms with Crippen LogP contribution in [-0.4, -0.2) is 76.5 Å². The molecule has 1 aliphatic heterocycles. The maximum atomic E-state index is 12.8. The molecule has 0 aromatic carbocycles. The molecule has 13 nitrogen and oxygen atoms in total. The van der Waals surface area contributed by atoms with Crippen LogP contribution in [0.3, 0.4) is 0 Å². The van der Waals surface area contributed by atoms with Gasteiger partial charge in [-0.15, -0.1) is 0 Å². The third-order valence-corrected chi connectivity index (χ3v) is 4.92. The van der Waals surface area contributed by atoms with Crippen LogP contribution in [-0.2, 0) is 28.8 Å². The van der Waals surface area contributed by atoms with Crippen LogP contribution in [0, 0.1) is 5.92 Å². The molecule has 0 aliphatic carbocycles. The molecular weight excluding hydrogens is 426 g/mol. The summed E-state index contributed by atoms with van der Waals surface area (Å²) in [6.45, 7) is 3.84. The smallest absolute Gasteiger partial charge is 0.326 e. The molecule has 1 aliphatic rings. The number of carboxylic acids is 2. The molecule has 1 heterocycles. The predicted molar refractivity (Wildman–Crippen MR) is 110 cm³/mol. The largest absolute Gasteiger partial charge is 0.481 e. The van der Waals surface area contributed by atoms with E-state index >= 15 is 0 Å². The first kappa shape index (κ1) is 26.8. The van der Waals surface area contributed by atoms with Gasteiger partial charge in [-0.3, -0.25) is 24.0 Å². The number of primary amides is 1. The first-order valence-electron chi connectivity index (χ1n) is 10.3. The summed E-state index contributed by atoms with van der Waals surface area (Å²) >= 11 is 0. The van der Waals surface area contributed by atoms with Crippen LogP contribution in [0.1, 0.15) is 46.0 Å². The van der Waals surface area contributed by atoms with Crippen molar-refractivity contribution < 1.29 is 39.0 Å². The van der Waals surface area contributed by atoms with Gasteiger partial charge in [0.1, 0.15) is 18.1 Å². The van der Waals surface area contributed by atoms with E-state index in [4.69, 9.17) is 10.8 Å². The van der Waals surface area contributed by atoms with Gasteiger partial charge >= 0.3 is 11.9 Å². The first-order valence-corrected chi connectivity index (χ1v) is 10.3. The quantitative estimate of drug-likeness (QED) is 0.158. The van der Waals surface area contributed by atoms with E-state index in [-0.39, 0.29) is 6.42 Å². The second-order valence-corrected chi connectivity index (χ2v) is 7.94. The molecule has 4 amide bonds. The Hall–Kier alpha value is -3.22. The Bertz CT molecular complexity index is 735. The summed E-state index contributed by atoms with van der Waals surface area (Å²) < 4.78 is 0. The summed E-state index contributed by atoms with van der Waals surface area (Å²) in [4.78, 5) is 71.2. The van der Waals surface area contributed by atoms with Crippen molar-refractivity contribution in [1.82, 2.24) is 21.3 Å². The van der Waals surface area contributed by atoms with Crippen LogP contribution in [0.25, 0.3) is 0 Å². The van der Waals surface area contributed by atoms with E-state index in [0.717, 1.165) is 6.42 Å². The van der Waals surface area contributed by atoms with Gasteiger partial charge in [0.15, 0.2) is 0 Å². The highest BCUT2D eigenvalue weighted by molar-refractivity contribution is 5.96. The van der Waals surface area contributed by atoms with E-state index in [2.05, 4.69) is 21.3 Å². The molecule has 0 spiro atoms. The number of aliphatic carboxylic acids is 2. The molecule has 180 valence electrons. The van der Waals surface area contributed by atoms with Crippen molar-refractivity contribution in [2.75, 3.05) is 6.54 Å². The minimum absolute atomic E-state index is 0.343. The molecule has 8 N–H and O–H groups in total. The second-order valence-electron chi connectivity index (χ2n) is 7.94. The van der Waals surface area contributed by atoms with Crippen molar-refractivity contribution in [2.24, 2.45) is 11.7 Å². The molecule has 1 rings (SSSR count). The number of hydrogen-bond acceptors (Lipinski definition) is 7. The fourth-order valence-electron chi connectivity index (χ4n) is 3.17. The average molecular weight is 457 g/mol. The SMILES string of the molecule is CC(C)C(NC(=O)C(CC(N)=O)NC(=O)C1CCCN1)C(=O)NC(CCC(=O)O)C(=O)O. The molecule has 4 atom stereocenters. The summed E-state index contributed by atoms with van der Waals surface area (Å²) in [6, 6.07) is -4.50. The van der Waals surface area contributed by atoms with Crippen LogP contribution in [0.15, 0.2) is 0 Å². The van der Waals surface area contributed by atoms with Gasteiger partial charge in [-0.05, 0) is 31.7 Å². The number of nitrogens with one attached hydrogen (secondary N) is 4. The van der Waals surface area contributed by atoms with Crippen LogP contribution in [0.4, 0.5) is 0 Å². The van der Waals surface area contributed by atoms with Crippen LogP contribution < -0.4 is 27.0 Å². The van der Waals surface area contributed by atoms with E-state index < -0.39 is 78.5 Å². The highest BCUT2D eigenvalue weighted by Gasteiger charge is 2.33. The zero-order valence-corrected chi connectivity index (χ0v) is 18.1. The van der Waals surface area contributed by atoms with Gasteiger partial charge in [0.05, 0.1) is 12.5 Å².